The Kier molecular flexibility index (Phi) is 2.33. The fourth-order valence-electron chi connectivity index (χ4n) is 1.36. The molecule has 0 atom stereocenters. The summed E-state index contributed by atoms with van der Waals surface area (Å²) in [6.07, 6.45) is 2.42. The van der Waals surface area contributed by atoms with Crippen LogP contribution in [0.15, 0.2) is 11.4 Å². The molecule has 3 nitrogen and oxygen atoms in total. The fraction of sp³-hybridized carbons (Fsp3) is 0.444. The van der Waals surface area contributed by atoms with Crippen LogP contribution < -0.4 is 5.48 Å². The van der Waals surface area contributed by atoms with E-state index < -0.39 is 0 Å². The highest BCUT2D eigenvalue weighted by Crippen LogP contribution is 2.43. The SMILES string of the molecule is CONC(=O)c1sccc1C1CC1. The van der Waals surface area contributed by atoms with Crippen LogP contribution in [-0.4, -0.2) is 13.0 Å². The first-order chi connectivity index (χ1) is 6.33. The van der Waals surface area contributed by atoms with E-state index in [0.29, 0.717) is 5.92 Å². The number of amides is 1. The molecule has 1 heterocycles. The highest BCUT2D eigenvalue weighted by atomic mass is 32.1. The van der Waals surface area contributed by atoms with E-state index in [1.54, 1.807) is 0 Å². The Morgan fingerprint density at radius 2 is 2.46 bits per heavy atom. The Labute approximate surface area is 80.7 Å². The second-order valence-corrected chi connectivity index (χ2v) is 4.03. The Hall–Kier alpha value is -0.870. The third-order valence-corrected chi connectivity index (χ3v) is 3.04. The summed E-state index contributed by atoms with van der Waals surface area (Å²) in [7, 11) is 1.45. The van der Waals surface area contributed by atoms with Gasteiger partial charge in [-0.3, -0.25) is 9.63 Å². The van der Waals surface area contributed by atoms with Crippen LogP contribution in [0.1, 0.15) is 34.0 Å². The lowest BCUT2D eigenvalue weighted by Crippen LogP contribution is -2.21. The molecule has 1 aromatic rings. The fourth-order valence-corrected chi connectivity index (χ4v) is 2.23. The molecule has 1 aromatic heterocycles. The molecule has 0 spiro atoms. The van der Waals surface area contributed by atoms with Crippen LogP contribution in [0.25, 0.3) is 0 Å². The van der Waals surface area contributed by atoms with Crippen molar-refractivity contribution in [2.75, 3.05) is 7.11 Å². The molecule has 1 amide bonds. The van der Waals surface area contributed by atoms with Crippen molar-refractivity contribution in [3.8, 4) is 0 Å². The zero-order chi connectivity index (χ0) is 9.26. The molecular weight excluding hydrogens is 186 g/mol. The average molecular weight is 197 g/mol. The highest BCUT2D eigenvalue weighted by molar-refractivity contribution is 7.12. The molecule has 0 bridgehead atoms. The normalized spacial score (nSPS) is 15.8. The third kappa shape index (κ3) is 1.73. The Morgan fingerprint density at radius 1 is 1.69 bits per heavy atom. The van der Waals surface area contributed by atoms with Gasteiger partial charge in [0.05, 0.1) is 12.0 Å². The Morgan fingerprint density at radius 3 is 3.08 bits per heavy atom. The number of rotatable bonds is 3. The number of hydroxylamine groups is 1. The van der Waals surface area contributed by atoms with E-state index in [1.807, 2.05) is 11.4 Å². The van der Waals surface area contributed by atoms with Crippen molar-refractivity contribution in [3.05, 3.63) is 21.9 Å². The highest BCUT2D eigenvalue weighted by Gasteiger charge is 2.28. The molecule has 13 heavy (non-hydrogen) atoms. The molecule has 0 aromatic carbocycles. The largest absolute Gasteiger partial charge is 0.285 e. The van der Waals surface area contributed by atoms with Gasteiger partial charge in [-0.05, 0) is 35.8 Å². The first-order valence-electron chi connectivity index (χ1n) is 4.23. The molecule has 1 aliphatic carbocycles. The van der Waals surface area contributed by atoms with Crippen molar-refractivity contribution in [1.82, 2.24) is 5.48 Å². The summed E-state index contributed by atoms with van der Waals surface area (Å²) in [5.41, 5.74) is 3.52. The third-order valence-electron chi connectivity index (χ3n) is 2.11. The van der Waals surface area contributed by atoms with Crippen molar-refractivity contribution in [2.45, 2.75) is 18.8 Å². The minimum absolute atomic E-state index is 0.126. The van der Waals surface area contributed by atoms with E-state index in [0.717, 1.165) is 4.88 Å². The van der Waals surface area contributed by atoms with Gasteiger partial charge < -0.3 is 0 Å². The summed E-state index contributed by atoms with van der Waals surface area (Å²) in [6, 6.07) is 2.03. The lowest BCUT2D eigenvalue weighted by molar-refractivity contribution is 0.0541. The van der Waals surface area contributed by atoms with Crippen LogP contribution in [-0.2, 0) is 4.84 Å². The van der Waals surface area contributed by atoms with E-state index in [4.69, 9.17) is 0 Å². The molecule has 0 aliphatic heterocycles. The van der Waals surface area contributed by atoms with Crippen molar-refractivity contribution < 1.29 is 9.63 Å². The molecule has 1 fully saturated rings. The summed E-state index contributed by atoms with van der Waals surface area (Å²) in [5.74, 6) is 0.489. The van der Waals surface area contributed by atoms with E-state index in [9.17, 15) is 4.79 Å². The van der Waals surface area contributed by atoms with Crippen LogP contribution in [0, 0.1) is 0 Å². The van der Waals surface area contributed by atoms with Gasteiger partial charge in [-0.15, -0.1) is 11.3 Å². The topological polar surface area (TPSA) is 38.3 Å². The van der Waals surface area contributed by atoms with Crippen LogP contribution in [0.2, 0.25) is 0 Å². The quantitative estimate of drug-likeness (QED) is 0.752. The molecule has 0 unspecified atom stereocenters. The van der Waals surface area contributed by atoms with E-state index in [1.165, 1.54) is 36.9 Å². The van der Waals surface area contributed by atoms with Gasteiger partial charge in [0.15, 0.2) is 0 Å². The zero-order valence-corrected chi connectivity index (χ0v) is 8.19. The van der Waals surface area contributed by atoms with E-state index in [2.05, 4.69) is 10.3 Å². The molecule has 1 N–H and O–H groups in total. The minimum atomic E-state index is -0.126. The number of nitrogens with one attached hydrogen (secondary N) is 1. The lowest BCUT2D eigenvalue weighted by atomic mass is 10.1. The minimum Gasteiger partial charge on any atom is -0.277 e. The monoisotopic (exact) mass is 197 g/mol. The predicted molar refractivity (Wildman–Crippen MR) is 50.8 cm³/mol. The maximum absolute atomic E-state index is 11.4. The van der Waals surface area contributed by atoms with Gasteiger partial charge in [0.1, 0.15) is 0 Å². The van der Waals surface area contributed by atoms with Crippen molar-refractivity contribution in [3.63, 3.8) is 0 Å². The van der Waals surface area contributed by atoms with E-state index in [-0.39, 0.29) is 5.91 Å². The summed E-state index contributed by atoms with van der Waals surface area (Å²) >= 11 is 1.47. The number of carbonyl (C=O) groups is 1. The molecule has 1 aliphatic rings. The van der Waals surface area contributed by atoms with Gasteiger partial charge in [-0.1, -0.05) is 0 Å². The summed E-state index contributed by atoms with van der Waals surface area (Å²) in [4.78, 5) is 16.8. The maximum atomic E-state index is 11.4. The summed E-state index contributed by atoms with van der Waals surface area (Å²) in [6.45, 7) is 0. The number of thiophene rings is 1. The lowest BCUT2D eigenvalue weighted by Gasteiger charge is -2.01. The first kappa shape index (κ1) is 8.72. The molecule has 0 radical (unpaired) electrons. The summed E-state index contributed by atoms with van der Waals surface area (Å²) in [5, 5.41) is 1.96. The van der Waals surface area contributed by atoms with Crippen LogP contribution in [0.5, 0.6) is 0 Å². The van der Waals surface area contributed by atoms with Crippen LogP contribution in [0.4, 0.5) is 0 Å². The molecule has 70 valence electrons. The second-order valence-electron chi connectivity index (χ2n) is 3.11. The van der Waals surface area contributed by atoms with Crippen molar-refractivity contribution in [1.29, 1.82) is 0 Å². The number of hydrogen-bond donors (Lipinski definition) is 1. The molecular formula is C9H11NO2S. The predicted octanol–water partition coefficient (Wildman–Crippen LogP) is 1.92. The van der Waals surface area contributed by atoms with Crippen LogP contribution >= 0.6 is 11.3 Å². The van der Waals surface area contributed by atoms with Gasteiger partial charge in [0, 0.05) is 0 Å². The molecule has 0 saturated heterocycles. The van der Waals surface area contributed by atoms with Gasteiger partial charge in [-0.2, -0.15) is 0 Å². The molecule has 4 heteroatoms. The standard InChI is InChI=1S/C9H11NO2S/c1-12-10-9(11)8-7(4-5-13-8)6-2-3-6/h4-6H,2-3H2,1H3,(H,10,11). The van der Waals surface area contributed by atoms with Crippen molar-refractivity contribution in [2.24, 2.45) is 0 Å². The zero-order valence-electron chi connectivity index (χ0n) is 7.37. The van der Waals surface area contributed by atoms with Crippen LogP contribution in [0.3, 0.4) is 0 Å². The van der Waals surface area contributed by atoms with Gasteiger partial charge in [0.2, 0.25) is 0 Å². The molecule has 1 saturated carbocycles. The Bertz CT molecular complexity index is 317. The van der Waals surface area contributed by atoms with Gasteiger partial charge >= 0.3 is 0 Å². The van der Waals surface area contributed by atoms with Gasteiger partial charge in [0.25, 0.3) is 5.91 Å². The smallest absolute Gasteiger partial charge is 0.277 e. The molecule has 2 rings (SSSR count). The Balaban J connectivity index is 2.18. The van der Waals surface area contributed by atoms with Gasteiger partial charge in [-0.25, -0.2) is 5.48 Å². The van der Waals surface area contributed by atoms with E-state index >= 15 is 0 Å². The maximum Gasteiger partial charge on any atom is 0.285 e. The summed E-state index contributed by atoms with van der Waals surface area (Å²) < 4.78 is 0. The number of carbonyl (C=O) groups excluding carboxylic acids is 1. The number of hydrogen-bond acceptors (Lipinski definition) is 3. The average Bonchev–Trinajstić information content (AvgIpc) is 2.84. The first-order valence-corrected chi connectivity index (χ1v) is 5.11. The second kappa shape index (κ2) is 3.47. The van der Waals surface area contributed by atoms with Crippen molar-refractivity contribution >= 4 is 17.2 Å².